The van der Waals surface area contributed by atoms with Crippen LogP contribution in [0.15, 0.2) is 42.5 Å². The molecule has 202 valence electrons. The topological polar surface area (TPSA) is 78.9 Å². The molecule has 0 radical (unpaired) electrons. The minimum Gasteiger partial charge on any atom is -0.490 e. The number of hydrogen-bond donors (Lipinski definition) is 2. The lowest BCUT2D eigenvalue weighted by molar-refractivity contribution is -0.125. The van der Waals surface area contributed by atoms with Crippen LogP contribution < -0.4 is 10.1 Å². The summed E-state index contributed by atoms with van der Waals surface area (Å²) in [5, 5.41) is 13.0. The number of carboxylic acid groups (broad SMARTS) is 1. The minimum absolute atomic E-state index is 0.00641. The van der Waals surface area contributed by atoms with Gasteiger partial charge in [-0.25, -0.2) is 4.79 Å². The van der Waals surface area contributed by atoms with Crippen molar-refractivity contribution < 1.29 is 19.4 Å². The van der Waals surface area contributed by atoms with Gasteiger partial charge in [0.15, 0.2) is 0 Å². The van der Waals surface area contributed by atoms with E-state index >= 15 is 0 Å². The van der Waals surface area contributed by atoms with Crippen LogP contribution >= 0.6 is 0 Å². The molecule has 38 heavy (non-hydrogen) atoms. The first kappa shape index (κ1) is 25.4. The third-order valence-electron chi connectivity index (χ3n) is 9.76. The summed E-state index contributed by atoms with van der Waals surface area (Å²) in [6.07, 6.45) is 12.2. The standard InChI is InChI=1S/C32H40N2O4/c1-34-20-32(15-4-5-16-32)19-28(34)30(35)33-23-12-13-24(18-23)38-29-14-11-22(31(36)37)17-27(29)26-10-3-2-9-25(26)21-7-6-8-21/h2-3,9-11,14,17,21,23-24,28H,4-8,12-13,15-16,18-20H2,1H3,(H,33,35)(H,36,37)/t23-,24-,28-/m1/s1. The second-order valence-corrected chi connectivity index (χ2v) is 12.3. The van der Waals surface area contributed by atoms with E-state index in [0.29, 0.717) is 11.3 Å². The highest BCUT2D eigenvalue weighted by Crippen LogP contribution is 2.47. The summed E-state index contributed by atoms with van der Waals surface area (Å²) < 4.78 is 6.56. The fourth-order valence-electron chi connectivity index (χ4n) is 7.50. The Labute approximate surface area is 225 Å². The Hall–Kier alpha value is -2.86. The maximum Gasteiger partial charge on any atom is 0.335 e. The van der Waals surface area contributed by atoms with Crippen LogP contribution in [0.2, 0.25) is 0 Å². The van der Waals surface area contributed by atoms with Gasteiger partial charge in [0.05, 0.1) is 11.6 Å². The number of aromatic carboxylic acids is 1. The van der Waals surface area contributed by atoms with Gasteiger partial charge in [0.25, 0.3) is 0 Å². The molecular formula is C32H40N2O4. The van der Waals surface area contributed by atoms with Gasteiger partial charge in [0.1, 0.15) is 11.9 Å². The van der Waals surface area contributed by atoms with Crippen molar-refractivity contribution in [3.05, 3.63) is 53.6 Å². The van der Waals surface area contributed by atoms with E-state index in [4.69, 9.17) is 4.74 Å². The maximum absolute atomic E-state index is 13.2. The molecule has 6 rings (SSSR count). The van der Waals surface area contributed by atoms with Crippen LogP contribution in [0.25, 0.3) is 11.1 Å². The number of benzene rings is 2. The minimum atomic E-state index is -0.932. The Kier molecular flexibility index (Phi) is 6.93. The van der Waals surface area contributed by atoms with Crippen molar-refractivity contribution in [3.8, 4) is 16.9 Å². The Morgan fingerprint density at radius 2 is 1.79 bits per heavy atom. The molecule has 2 aromatic rings. The zero-order valence-corrected chi connectivity index (χ0v) is 22.5. The summed E-state index contributed by atoms with van der Waals surface area (Å²) in [6.45, 7) is 1.04. The molecule has 3 atom stereocenters. The third-order valence-corrected chi connectivity index (χ3v) is 9.76. The number of likely N-dealkylation sites (tertiary alicyclic amines) is 1. The highest BCUT2D eigenvalue weighted by Gasteiger charge is 2.47. The summed E-state index contributed by atoms with van der Waals surface area (Å²) in [7, 11) is 2.10. The van der Waals surface area contributed by atoms with E-state index in [-0.39, 0.29) is 29.7 Å². The van der Waals surface area contributed by atoms with E-state index < -0.39 is 5.97 Å². The number of carbonyl (C=O) groups is 2. The normalized spacial score (nSPS) is 26.9. The molecule has 1 saturated heterocycles. The second-order valence-electron chi connectivity index (χ2n) is 12.3. The van der Waals surface area contributed by atoms with Crippen molar-refractivity contribution in [1.82, 2.24) is 10.2 Å². The second kappa shape index (κ2) is 10.4. The monoisotopic (exact) mass is 516 g/mol. The predicted octanol–water partition coefficient (Wildman–Crippen LogP) is 6.00. The van der Waals surface area contributed by atoms with Gasteiger partial charge in [-0.1, -0.05) is 43.5 Å². The summed E-state index contributed by atoms with van der Waals surface area (Å²) >= 11 is 0. The summed E-state index contributed by atoms with van der Waals surface area (Å²) in [5.74, 6) is 0.495. The number of hydrogen-bond acceptors (Lipinski definition) is 4. The number of rotatable bonds is 7. The summed E-state index contributed by atoms with van der Waals surface area (Å²) in [6, 6.07) is 13.7. The number of nitrogens with zero attached hydrogens (tertiary/aromatic N) is 1. The van der Waals surface area contributed by atoms with Gasteiger partial charge in [0, 0.05) is 24.6 Å². The van der Waals surface area contributed by atoms with Crippen molar-refractivity contribution in [2.75, 3.05) is 13.6 Å². The molecule has 2 N–H and O–H groups in total. The van der Waals surface area contributed by atoms with Crippen molar-refractivity contribution in [2.24, 2.45) is 5.41 Å². The summed E-state index contributed by atoms with van der Waals surface area (Å²) in [5.41, 5.74) is 3.83. The number of carbonyl (C=O) groups excluding carboxylic acids is 1. The highest BCUT2D eigenvalue weighted by atomic mass is 16.5. The van der Waals surface area contributed by atoms with Crippen LogP contribution in [0.3, 0.4) is 0 Å². The molecule has 1 amide bonds. The molecule has 0 aromatic heterocycles. The van der Waals surface area contributed by atoms with Gasteiger partial charge in [-0.2, -0.15) is 0 Å². The zero-order valence-electron chi connectivity index (χ0n) is 22.5. The third kappa shape index (κ3) is 4.95. The average Bonchev–Trinajstić information content (AvgIpc) is 3.59. The van der Waals surface area contributed by atoms with Crippen molar-refractivity contribution in [3.63, 3.8) is 0 Å². The average molecular weight is 517 g/mol. The van der Waals surface area contributed by atoms with E-state index in [0.717, 1.165) is 49.1 Å². The lowest BCUT2D eigenvalue weighted by atomic mass is 9.77. The van der Waals surface area contributed by atoms with Crippen LogP contribution in [0.4, 0.5) is 0 Å². The molecule has 4 aliphatic rings. The first-order chi connectivity index (χ1) is 18.4. The highest BCUT2D eigenvalue weighted by molar-refractivity contribution is 5.91. The number of carboxylic acids is 1. The molecular weight excluding hydrogens is 476 g/mol. The van der Waals surface area contributed by atoms with Crippen molar-refractivity contribution in [1.29, 1.82) is 0 Å². The molecule has 2 aromatic carbocycles. The van der Waals surface area contributed by atoms with Crippen LogP contribution in [-0.2, 0) is 4.79 Å². The molecule has 3 saturated carbocycles. The van der Waals surface area contributed by atoms with E-state index in [9.17, 15) is 14.7 Å². The molecule has 1 spiro atoms. The molecule has 4 fully saturated rings. The van der Waals surface area contributed by atoms with Crippen LogP contribution in [0.1, 0.15) is 92.5 Å². The molecule has 1 heterocycles. The van der Waals surface area contributed by atoms with Crippen molar-refractivity contribution >= 4 is 11.9 Å². The van der Waals surface area contributed by atoms with E-state index in [1.165, 1.54) is 50.5 Å². The Morgan fingerprint density at radius 3 is 2.53 bits per heavy atom. The molecule has 3 aliphatic carbocycles. The van der Waals surface area contributed by atoms with E-state index in [1.807, 2.05) is 12.1 Å². The van der Waals surface area contributed by atoms with E-state index in [2.05, 4.69) is 35.5 Å². The van der Waals surface area contributed by atoms with Gasteiger partial charge in [0.2, 0.25) is 5.91 Å². The fraction of sp³-hybridized carbons (Fsp3) is 0.562. The lowest BCUT2D eigenvalue weighted by Crippen LogP contribution is -2.45. The van der Waals surface area contributed by atoms with E-state index in [1.54, 1.807) is 12.1 Å². The van der Waals surface area contributed by atoms with Crippen molar-refractivity contribution in [2.45, 2.75) is 94.7 Å². The van der Waals surface area contributed by atoms with Crippen LogP contribution in [0.5, 0.6) is 5.75 Å². The fourth-order valence-corrected chi connectivity index (χ4v) is 7.50. The Bertz CT molecular complexity index is 1200. The van der Waals surface area contributed by atoms with Gasteiger partial charge < -0.3 is 15.2 Å². The SMILES string of the molecule is CN1CC2(CCCC2)C[C@@H]1C(=O)N[C@@H]1CC[C@@H](Oc2ccc(C(=O)O)cc2-c2ccccc2C2CCC2)C1. The van der Waals surface area contributed by atoms with Gasteiger partial charge in [-0.05, 0) is 92.7 Å². The quantitative estimate of drug-likeness (QED) is 0.472. The lowest BCUT2D eigenvalue weighted by Gasteiger charge is -2.29. The largest absolute Gasteiger partial charge is 0.490 e. The molecule has 6 heteroatoms. The number of likely N-dealkylation sites (N-methyl/N-ethyl adjacent to an activating group) is 1. The first-order valence-corrected chi connectivity index (χ1v) is 14.5. The van der Waals surface area contributed by atoms with Crippen LogP contribution in [0, 0.1) is 5.41 Å². The van der Waals surface area contributed by atoms with Crippen LogP contribution in [-0.4, -0.2) is 53.7 Å². The number of ether oxygens (including phenoxy) is 1. The Morgan fingerprint density at radius 1 is 1.00 bits per heavy atom. The molecule has 0 bridgehead atoms. The smallest absolute Gasteiger partial charge is 0.335 e. The summed E-state index contributed by atoms with van der Waals surface area (Å²) in [4.78, 5) is 27.3. The Balaban J connectivity index is 1.15. The molecule has 6 nitrogen and oxygen atoms in total. The van der Waals surface area contributed by atoms with Gasteiger partial charge in [-0.3, -0.25) is 9.69 Å². The van der Waals surface area contributed by atoms with Gasteiger partial charge in [-0.15, -0.1) is 0 Å². The predicted molar refractivity (Wildman–Crippen MR) is 148 cm³/mol. The van der Waals surface area contributed by atoms with Gasteiger partial charge >= 0.3 is 5.97 Å². The molecule has 1 aliphatic heterocycles. The first-order valence-electron chi connectivity index (χ1n) is 14.5. The number of nitrogens with one attached hydrogen (secondary N) is 1. The molecule has 0 unspecified atom stereocenters. The maximum atomic E-state index is 13.2. The number of amides is 1. The zero-order chi connectivity index (χ0) is 26.3.